The van der Waals surface area contributed by atoms with Gasteiger partial charge in [-0.15, -0.1) is 0 Å². The fourth-order valence-electron chi connectivity index (χ4n) is 2.61. The second-order valence-corrected chi connectivity index (χ2v) is 5.72. The van der Waals surface area contributed by atoms with E-state index < -0.39 is 11.6 Å². The second-order valence-electron chi connectivity index (χ2n) is 5.72. The number of fused-ring (bicyclic) bond motifs is 1. The van der Waals surface area contributed by atoms with Gasteiger partial charge in [-0.25, -0.2) is 13.8 Å². The molecule has 1 heterocycles. The van der Waals surface area contributed by atoms with E-state index >= 15 is 0 Å². The fraction of sp³-hybridized carbons (Fsp3) is 0.222. The number of nitrogen functional groups attached to an aromatic ring is 1. The smallest absolute Gasteiger partial charge is 0.227 e. The maximum Gasteiger partial charge on any atom is 0.227 e. The number of nitrogens with zero attached hydrogens (tertiary/aromatic N) is 3. The predicted octanol–water partition coefficient (Wildman–Crippen LogP) is 3.14. The number of halogens is 2. The summed E-state index contributed by atoms with van der Waals surface area (Å²) in [7, 11) is 4.75. The monoisotopic (exact) mass is 360 g/mol. The van der Waals surface area contributed by atoms with E-state index in [1.54, 1.807) is 24.1 Å². The van der Waals surface area contributed by atoms with Crippen LogP contribution in [0.25, 0.3) is 10.9 Å². The zero-order valence-corrected chi connectivity index (χ0v) is 14.6. The summed E-state index contributed by atoms with van der Waals surface area (Å²) in [5.41, 5.74) is 6.94. The van der Waals surface area contributed by atoms with Crippen LogP contribution in [0.15, 0.2) is 30.3 Å². The van der Waals surface area contributed by atoms with Crippen LogP contribution in [0.5, 0.6) is 11.5 Å². The van der Waals surface area contributed by atoms with Gasteiger partial charge in [-0.2, -0.15) is 4.98 Å². The second kappa shape index (κ2) is 6.99. The molecular formula is C18H18F2N4O2. The Hall–Kier alpha value is -3.16. The highest BCUT2D eigenvalue weighted by Gasteiger charge is 2.15. The maximum atomic E-state index is 13.9. The lowest BCUT2D eigenvalue weighted by atomic mass is 10.2. The zero-order valence-electron chi connectivity index (χ0n) is 14.6. The van der Waals surface area contributed by atoms with Gasteiger partial charge in [-0.05, 0) is 12.1 Å². The van der Waals surface area contributed by atoms with Crippen LogP contribution in [0.1, 0.15) is 5.56 Å². The molecule has 0 amide bonds. The number of benzene rings is 2. The van der Waals surface area contributed by atoms with Crippen molar-refractivity contribution in [1.29, 1.82) is 0 Å². The summed E-state index contributed by atoms with van der Waals surface area (Å²) < 4.78 is 37.5. The molecule has 0 spiro atoms. The first-order valence-electron chi connectivity index (χ1n) is 7.77. The standard InChI is InChI=1S/C18H18F2N4O2/c1-24(9-10-4-5-11(19)6-13(10)20)18-22-14-8-16(26-3)15(25-2)7-12(14)17(21)23-18/h4-8H,9H2,1-3H3,(H2,21,22,23). The van der Waals surface area contributed by atoms with Crippen LogP contribution in [0.3, 0.4) is 0 Å². The van der Waals surface area contributed by atoms with Gasteiger partial charge in [0.2, 0.25) is 5.95 Å². The Morgan fingerprint density at radius 1 is 1.04 bits per heavy atom. The molecule has 8 heteroatoms. The van der Waals surface area contributed by atoms with Gasteiger partial charge < -0.3 is 20.1 Å². The minimum absolute atomic E-state index is 0.157. The molecule has 2 N–H and O–H groups in total. The van der Waals surface area contributed by atoms with E-state index in [-0.39, 0.29) is 12.4 Å². The molecule has 0 atom stereocenters. The lowest BCUT2D eigenvalue weighted by molar-refractivity contribution is 0.356. The summed E-state index contributed by atoms with van der Waals surface area (Å²) >= 11 is 0. The molecule has 3 aromatic rings. The van der Waals surface area contributed by atoms with Crippen LogP contribution in [-0.4, -0.2) is 31.2 Å². The number of hydrogen-bond acceptors (Lipinski definition) is 6. The van der Waals surface area contributed by atoms with Crippen molar-refractivity contribution in [3.05, 3.63) is 47.5 Å². The van der Waals surface area contributed by atoms with E-state index in [0.29, 0.717) is 33.9 Å². The first-order chi connectivity index (χ1) is 12.4. The Morgan fingerprint density at radius 3 is 2.38 bits per heavy atom. The Bertz CT molecular complexity index is 966. The van der Waals surface area contributed by atoms with Crippen LogP contribution < -0.4 is 20.1 Å². The number of methoxy groups -OCH3 is 2. The molecular weight excluding hydrogens is 342 g/mol. The van der Waals surface area contributed by atoms with Gasteiger partial charge in [0, 0.05) is 36.7 Å². The van der Waals surface area contributed by atoms with E-state index in [0.717, 1.165) is 6.07 Å². The summed E-state index contributed by atoms with van der Waals surface area (Å²) in [5.74, 6) is 0.350. The van der Waals surface area contributed by atoms with Gasteiger partial charge in [-0.1, -0.05) is 6.07 Å². The largest absolute Gasteiger partial charge is 0.493 e. The third-order valence-electron chi connectivity index (χ3n) is 3.98. The molecule has 3 rings (SSSR count). The molecule has 0 fully saturated rings. The summed E-state index contributed by atoms with van der Waals surface area (Å²) in [4.78, 5) is 10.4. The molecule has 0 saturated heterocycles. The first kappa shape index (κ1) is 17.7. The van der Waals surface area contributed by atoms with Gasteiger partial charge in [0.1, 0.15) is 17.5 Å². The normalized spacial score (nSPS) is 10.8. The Labute approximate surface area is 149 Å². The third-order valence-corrected chi connectivity index (χ3v) is 3.98. The van der Waals surface area contributed by atoms with Gasteiger partial charge in [-0.3, -0.25) is 0 Å². The lowest BCUT2D eigenvalue weighted by Gasteiger charge is -2.19. The van der Waals surface area contributed by atoms with Crippen molar-refractivity contribution in [2.75, 3.05) is 31.9 Å². The van der Waals surface area contributed by atoms with Crippen molar-refractivity contribution in [3.63, 3.8) is 0 Å². The summed E-state index contributed by atoms with van der Waals surface area (Å²) in [5, 5.41) is 0.618. The quantitative estimate of drug-likeness (QED) is 0.754. The number of hydrogen-bond donors (Lipinski definition) is 1. The average Bonchev–Trinajstić information content (AvgIpc) is 2.62. The van der Waals surface area contributed by atoms with E-state index in [1.807, 2.05) is 0 Å². The highest BCUT2D eigenvalue weighted by Crippen LogP contribution is 2.34. The highest BCUT2D eigenvalue weighted by atomic mass is 19.1. The van der Waals surface area contributed by atoms with Gasteiger partial charge in [0.15, 0.2) is 11.5 Å². The Kier molecular flexibility index (Phi) is 4.75. The van der Waals surface area contributed by atoms with Crippen molar-refractivity contribution >= 4 is 22.7 Å². The number of anilines is 2. The SMILES string of the molecule is COc1cc2nc(N(C)Cc3ccc(F)cc3F)nc(N)c2cc1OC. The average molecular weight is 360 g/mol. The van der Waals surface area contributed by atoms with Crippen LogP contribution in [0.4, 0.5) is 20.5 Å². The molecule has 0 aliphatic rings. The molecule has 0 bridgehead atoms. The Morgan fingerprint density at radius 2 is 1.73 bits per heavy atom. The van der Waals surface area contributed by atoms with Crippen molar-refractivity contribution < 1.29 is 18.3 Å². The molecule has 6 nitrogen and oxygen atoms in total. The summed E-state index contributed by atoms with van der Waals surface area (Å²) in [6.45, 7) is 0.157. The van der Waals surface area contributed by atoms with E-state index in [2.05, 4.69) is 9.97 Å². The molecule has 0 unspecified atom stereocenters. The summed E-state index contributed by atoms with van der Waals surface area (Å²) in [6.07, 6.45) is 0. The molecule has 0 aliphatic carbocycles. The molecule has 1 aromatic heterocycles. The first-order valence-corrected chi connectivity index (χ1v) is 7.77. The molecule has 26 heavy (non-hydrogen) atoms. The summed E-state index contributed by atoms with van der Waals surface area (Å²) in [6, 6.07) is 6.84. The van der Waals surface area contributed by atoms with Crippen molar-refractivity contribution in [3.8, 4) is 11.5 Å². The van der Waals surface area contributed by atoms with Crippen molar-refractivity contribution in [1.82, 2.24) is 9.97 Å². The maximum absolute atomic E-state index is 13.9. The van der Waals surface area contributed by atoms with Crippen LogP contribution in [-0.2, 0) is 6.54 Å². The highest BCUT2D eigenvalue weighted by molar-refractivity contribution is 5.91. The van der Waals surface area contributed by atoms with Crippen LogP contribution in [0.2, 0.25) is 0 Å². The molecule has 0 saturated carbocycles. The fourth-order valence-corrected chi connectivity index (χ4v) is 2.61. The van der Waals surface area contributed by atoms with Crippen molar-refractivity contribution in [2.24, 2.45) is 0 Å². The number of ether oxygens (including phenoxy) is 2. The Balaban J connectivity index is 1.99. The minimum Gasteiger partial charge on any atom is -0.493 e. The lowest BCUT2D eigenvalue weighted by Crippen LogP contribution is -2.20. The van der Waals surface area contributed by atoms with E-state index in [4.69, 9.17) is 15.2 Å². The van der Waals surface area contributed by atoms with Crippen LogP contribution in [0, 0.1) is 11.6 Å². The zero-order chi connectivity index (χ0) is 18.8. The van der Waals surface area contributed by atoms with E-state index in [9.17, 15) is 8.78 Å². The number of nitrogens with two attached hydrogens (primary N) is 1. The molecule has 0 radical (unpaired) electrons. The van der Waals surface area contributed by atoms with Gasteiger partial charge in [0.05, 0.1) is 19.7 Å². The molecule has 136 valence electrons. The third kappa shape index (κ3) is 3.30. The topological polar surface area (TPSA) is 73.5 Å². The van der Waals surface area contributed by atoms with Gasteiger partial charge >= 0.3 is 0 Å². The molecule has 0 aliphatic heterocycles. The van der Waals surface area contributed by atoms with Crippen LogP contribution >= 0.6 is 0 Å². The predicted molar refractivity (Wildman–Crippen MR) is 95.5 cm³/mol. The van der Waals surface area contributed by atoms with Gasteiger partial charge in [0.25, 0.3) is 0 Å². The van der Waals surface area contributed by atoms with E-state index in [1.165, 1.54) is 26.4 Å². The minimum atomic E-state index is -0.628. The number of aromatic nitrogens is 2. The number of rotatable bonds is 5. The van der Waals surface area contributed by atoms with Crippen molar-refractivity contribution in [2.45, 2.75) is 6.54 Å². The molecule has 2 aromatic carbocycles.